The van der Waals surface area contributed by atoms with Gasteiger partial charge in [0.05, 0.1) is 6.54 Å². The molecule has 1 rings (SSSR count). The highest BCUT2D eigenvalue weighted by atomic mass is 16.4. The number of hydrogen-bond donors (Lipinski definition) is 3. The molecule has 9 heteroatoms. The van der Waals surface area contributed by atoms with Crippen LogP contribution in [0, 0.1) is 0 Å². The summed E-state index contributed by atoms with van der Waals surface area (Å²) in [4.78, 5) is 21.8. The van der Waals surface area contributed by atoms with E-state index < -0.39 is 17.5 Å². The molecule has 0 bridgehead atoms. The largest absolute Gasteiger partial charge is 0.479 e. The summed E-state index contributed by atoms with van der Waals surface area (Å²) in [5, 5.41) is 30.2. The van der Waals surface area contributed by atoms with Crippen molar-refractivity contribution < 1.29 is 19.8 Å². The minimum atomic E-state index is -1.99. The van der Waals surface area contributed by atoms with Crippen LogP contribution < -0.4 is 5.32 Å². The molecule has 0 aliphatic rings. The number of tetrazole rings is 1. The molecule has 0 fully saturated rings. The summed E-state index contributed by atoms with van der Waals surface area (Å²) < 4.78 is 1.17. The van der Waals surface area contributed by atoms with Crippen LogP contribution in [-0.2, 0) is 16.1 Å². The van der Waals surface area contributed by atoms with Crippen molar-refractivity contribution in [2.24, 2.45) is 0 Å². The zero-order valence-electron chi connectivity index (χ0n) is 8.49. The number of carbonyl (C=O) groups is 2. The SMILES string of the molecule is CC(O)(CNC(=O)Cn1cnnn1)C(=O)O. The molecule has 0 radical (unpaired) electrons. The quantitative estimate of drug-likeness (QED) is 0.514. The van der Waals surface area contributed by atoms with Crippen molar-refractivity contribution in [2.45, 2.75) is 19.1 Å². The molecule has 1 heterocycles. The zero-order chi connectivity index (χ0) is 12.2. The van der Waals surface area contributed by atoms with Crippen molar-refractivity contribution in [3.8, 4) is 0 Å². The van der Waals surface area contributed by atoms with Crippen molar-refractivity contribution in [3.05, 3.63) is 6.33 Å². The lowest BCUT2D eigenvalue weighted by Crippen LogP contribution is -2.47. The highest BCUT2D eigenvalue weighted by molar-refractivity contribution is 5.80. The number of carbonyl (C=O) groups excluding carboxylic acids is 1. The van der Waals surface area contributed by atoms with Gasteiger partial charge in [0.25, 0.3) is 0 Å². The summed E-state index contributed by atoms with van der Waals surface area (Å²) in [6.45, 7) is 0.568. The van der Waals surface area contributed by atoms with Gasteiger partial charge in [-0.1, -0.05) is 0 Å². The van der Waals surface area contributed by atoms with E-state index in [0.29, 0.717) is 0 Å². The lowest BCUT2D eigenvalue weighted by molar-refractivity contribution is -0.156. The maximum Gasteiger partial charge on any atom is 0.337 e. The van der Waals surface area contributed by atoms with Gasteiger partial charge in [-0.05, 0) is 17.4 Å². The molecular formula is C7H11N5O4. The molecule has 1 aromatic rings. The van der Waals surface area contributed by atoms with Gasteiger partial charge in [0.2, 0.25) is 5.91 Å². The first-order chi connectivity index (χ1) is 7.42. The van der Waals surface area contributed by atoms with E-state index in [4.69, 9.17) is 5.11 Å². The Kier molecular flexibility index (Phi) is 3.51. The molecule has 1 unspecified atom stereocenters. The Hall–Kier alpha value is -2.03. The molecule has 0 aromatic carbocycles. The summed E-state index contributed by atoms with van der Waals surface area (Å²) in [6.07, 6.45) is 1.24. The van der Waals surface area contributed by atoms with Gasteiger partial charge < -0.3 is 15.5 Å². The van der Waals surface area contributed by atoms with Crippen LogP contribution in [0.2, 0.25) is 0 Å². The van der Waals surface area contributed by atoms with Crippen LogP contribution in [0.15, 0.2) is 6.33 Å². The Bertz CT molecular complexity index is 374. The molecule has 0 aliphatic carbocycles. The average Bonchev–Trinajstić information content (AvgIpc) is 2.67. The molecule has 1 amide bonds. The van der Waals surface area contributed by atoms with Gasteiger partial charge in [0.15, 0.2) is 5.60 Å². The molecule has 0 saturated heterocycles. The Morgan fingerprint density at radius 1 is 1.56 bits per heavy atom. The minimum Gasteiger partial charge on any atom is -0.479 e. The van der Waals surface area contributed by atoms with E-state index in [1.165, 1.54) is 11.0 Å². The van der Waals surface area contributed by atoms with E-state index in [9.17, 15) is 14.7 Å². The monoisotopic (exact) mass is 229 g/mol. The number of amides is 1. The normalized spacial score (nSPS) is 14.1. The molecule has 1 aromatic heterocycles. The van der Waals surface area contributed by atoms with Crippen LogP contribution >= 0.6 is 0 Å². The zero-order valence-corrected chi connectivity index (χ0v) is 8.49. The predicted molar refractivity (Wildman–Crippen MR) is 49.1 cm³/mol. The van der Waals surface area contributed by atoms with Gasteiger partial charge in [0, 0.05) is 0 Å². The highest BCUT2D eigenvalue weighted by Crippen LogP contribution is 2.00. The van der Waals surface area contributed by atoms with Crippen molar-refractivity contribution in [2.75, 3.05) is 6.54 Å². The van der Waals surface area contributed by atoms with E-state index in [2.05, 4.69) is 20.8 Å². The van der Waals surface area contributed by atoms with E-state index in [1.54, 1.807) is 0 Å². The third-order valence-electron chi connectivity index (χ3n) is 1.79. The summed E-state index contributed by atoms with van der Waals surface area (Å²) in [5.74, 6) is -1.90. The predicted octanol–water partition coefficient (Wildman–Crippen LogP) is -2.38. The molecule has 3 N–H and O–H groups in total. The van der Waals surface area contributed by atoms with Gasteiger partial charge in [0.1, 0.15) is 12.9 Å². The number of aliphatic hydroxyl groups is 1. The second-order valence-electron chi connectivity index (χ2n) is 3.36. The average molecular weight is 229 g/mol. The van der Waals surface area contributed by atoms with Crippen molar-refractivity contribution in [3.63, 3.8) is 0 Å². The number of rotatable bonds is 5. The topological polar surface area (TPSA) is 130 Å². The summed E-state index contributed by atoms with van der Waals surface area (Å²) in [7, 11) is 0. The number of hydrogen-bond acceptors (Lipinski definition) is 6. The maximum absolute atomic E-state index is 11.2. The standard InChI is InChI=1S/C7H11N5O4/c1-7(16,6(14)15)3-8-5(13)2-12-4-9-10-11-12/h4,16H,2-3H2,1H3,(H,8,13)(H,14,15). The smallest absolute Gasteiger partial charge is 0.337 e. The number of nitrogens with zero attached hydrogens (tertiary/aromatic N) is 4. The maximum atomic E-state index is 11.2. The molecule has 0 saturated carbocycles. The second-order valence-corrected chi connectivity index (χ2v) is 3.36. The van der Waals surface area contributed by atoms with E-state index in [1.807, 2.05) is 0 Å². The molecule has 9 nitrogen and oxygen atoms in total. The fraction of sp³-hybridized carbons (Fsp3) is 0.571. The third-order valence-corrected chi connectivity index (χ3v) is 1.79. The Balaban J connectivity index is 2.39. The second kappa shape index (κ2) is 4.66. The molecule has 1 atom stereocenters. The number of aromatic nitrogens is 4. The molecule has 88 valence electrons. The summed E-state index contributed by atoms with van der Waals surface area (Å²) in [6, 6.07) is 0. The van der Waals surface area contributed by atoms with Crippen molar-refractivity contribution in [1.29, 1.82) is 0 Å². The lowest BCUT2D eigenvalue weighted by atomic mass is 10.1. The summed E-state index contributed by atoms with van der Waals surface area (Å²) in [5.41, 5.74) is -1.99. The van der Waals surface area contributed by atoms with Crippen LogP contribution in [-0.4, -0.2) is 54.4 Å². The highest BCUT2D eigenvalue weighted by Gasteiger charge is 2.30. The molecule has 16 heavy (non-hydrogen) atoms. The van der Waals surface area contributed by atoms with Crippen LogP contribution in [0.4, 0.5) is 0 Å². The fourth-order valence-corrected chi connectivity index (χ4v) is 0.802. The first-order valence-electron chi connectivity index (χ1n) is 4.35. The van der Waals surface area contributed by atoms with Crippen LogP contribution in [0.1, 0.15) is 6.92 Å². The lowest BCUT2D eigenvalue weighted by Gasteiger charge is -2.17. The van der Waals surface area contributed by atoms with Gasteiger partial charge in [-0.3, -0.25) is 4.79 Å². The first-order valence-corrected chi connectivity index (χ1v) is 4.35. The summed E-state index contributed by atoms with van der Waals surface area (Å²) >= 11 is 0. The van der Waals surface area contributed by atoms with Gasteiger partial charge >= 0.3 is 5.97 Å². The first kappa shape index (κ1) is 12.0. The Morgan fingerprint density at radius 3 is 2.75 bits per heavy atom. The van der Waals surface area contributed by atoms with Gasteiger partial charge in [-0.15, -0.1) is 5.10 Å². The fourth-order valence-electron chi connectivity index (χ4n) is 0.802. The Labute approximate surface area is 90.1 Å². The van der Waals surface area contributed by atoms with E-state index >= 15 is 0 Å². The van der Waals surface area contributed by atoms with Crippen molar-refractivity contribution in [1.82, 2.24) is 25.5 Å². The van der Waals surface area contributed by atoms with Crippen molar-refractivity contribution >= 4 is 11.9 Å². The number of nitrogens with one attached hydrogen (secondary N) is 1. The van der Waals surface area contributed by atoms with Crippen LogP contribution in [0.5, 0.6) is 0 Å². The van der Waals surface area contributed by atoms with E-state index in [-0.39, 0.29) is 13.1 Å². The number of carboxylic acids is 1. The van der Waals surface area contributed by atoms with Crippen LogP contribution in [0.25, 0.3) is 0 Å². The molecular weight excluding hydrogens is 218 g/mol. The Morgan fingerprint density at radius 2 is 2.25 bits per heavy atom. The number of aliphatic carboxylic acids is 1. The minimum absolute atomic E-state index is 0.136. The number of carboxylic acid groups (broad SMARTS) is 1. The van der Waals surface area contributed by atoms with Gasteiger partial charge in [-0.25, -0.2) is 9.48 Å². The molecule has 0 spiro atoms. The van der Waals surface area contributed by atoms with E-state index in [0.717, 1.165) is 6.92 Å². The third kappa shape index (κ3) is 3.28. The molecule has 0 aliphatic heterocycles. The van der Waals surface area contributed by atoms with Gasteiger partial charge in [-0.2, -0.15) is 0 Å². The van der Waals surface area contributed by atoms with Crippen LogP contribution in [0.3, 0.4) is 0 Å².